The van der Waals surface area contributed by atoms with E-state index in [4.69, 9.17) is 10.8 Å². The number of nitrogens with two attached hydrogens (primary N) is 1. The van der Waals surface area contributed by atoms with Crippen molar-refractivity contribution in [1.82, 2.24) is 4.90 Å². The van der Waals surface area contributed by atoms with E-state index in [1.54, 1.807) is 0 Å². The van der Waals surface area contributed by atoms with Gasteiger partial charge in [-0.2, -0.15) is 0 Å². The lowest BCUT2D eigenvalue weighted by atomic mass is 9.88. The second kappa shape index (κ2) is 5.99. The lowest BCUT2D eigenvalue weighted by Gasteiger charge is -2.43. The quantitative estimate of drug-likeness (QED) is 0.719. The fourth-order valence-corrected chi connectivity index (χ4v) is 3.32. The van der Waals surface area contributed by atoms with Crippen LogP contribution in [0.2, 0.25) is 0 Å². The summed E-state index contributed by atoms with van der Waals surface area (Å²) < 4.78 is 0. The van der Waals surface area contributed by atoms with E-state index in [-0.39, 0.29) is 0 Å². The van der Waals surface area contributed by atoms with Crippen molar-refractivity contribution in [3.05, 3.63) is 0 Å². The van der Waals surface area contributed by atoms with E-state index in [9.17, 15) is 0 Å². The molecule has 2 aliphatic rings. The van der Waals surface area contributed by atoms with Gasteiger partial charge < -0.3 is 10.8 Å². The molecule has 2 fully saturated rings. The van der Waals surface area contributed by atoms with Crippen LogP contribution in [0.5, 0.6) is 0 Å². The molecule has 2 rings (SSSR count). The highest BCUT2D eigenvalue weighted by atomic mass is 16.3. The molecule has 2 saturated carbocycles. The molecule has 0 spiro atoms. The summed E-state index contributed by atoms with van der Waals surface area (Å²) in [6.07, 6.45) is 9.01. The molecule has 0 saturated heterocycles. The van der Waals surface area contributed by atoms with E-state index in [0.717, 1.165) is 25.6 Å². The number of aliphatic hydroxyl groups is 1. The molecule has 0 aromatic rings. The fraction of sp³-hybridized carbons (Fsp3) is 1.00. The van der Waals surface area contributed by atoms with Crippen LogP contribution in [0.25, 0.3) is 0 Å². The first-order valence-electron chi connectivity index (χ1n) is 6.93. The molecule has 0 heterocycles. The largest absolute Gasteiger partial charge is 0.396 e. The van der Waals surface area contributed by atoms with Crippen LogP contribution < -0.4 is 5.73 Å². The molecule has 0 aliphatic heterocycles. The predicted octanol–water partition coefficient (Wildman–Crippen LogP) is 1.35. The van der Waals surface area contributed by atoms with Crippen molar-refractivity contribution in [2.24, 2.45) is 11.7 Å². The summed E-state index contributed by atoms with van der Waals surface area (Å²) >= 11 is 0. The molecule has 94 valence electrons. The molecule has 0 aromatic carbocycles. The number of hydrogen-bond acceptors (Lipinski definition) is 3. The smallest absolute Gasteiger partial charge is 0.0443 e. The van der Waals surface area contributed by atoms with Crippen molar-refractivity contribution >= 4 is 0 Å². The van der Waals surface area contributed by atoms with E-state index in [0.29, 0.717) is 18.6 Å². The second-order valence-corrected chi connectivity index (χ2v) is 5.39. The molecule has 0 bridgehead atoms. The lowest BCUT2D eigenvalue weighted by molar-refractivity contribution is 0.0554. The Hall–Kier alpha value is -0.120. The van der Waals surface area contributed by atoms with Crippen LogP contribution in [0.15, 0.2) is 0 Å². The molecule has 2 atom stereocenters. The summed E-state index contributed by atoms with van der Waals surface area (Å²) in [6.45, 7) is 2.23. The van der Waals surface area contributed by atoms with Gasteiger partial charge in [-0.15, -0.1) is 0 Å². The van der Waals surface area contributed by atoms with Gasteiger partial charge in [0.15, 0.2) is 0 Å². The molecule has 0 radical (unpaired) electrons. The van der Waals surface area contributed by atoms with Crippen molar-refractivity contribution in [2.45, 2.75) is 57.0 Å². The van der Waals surface area contributed by atoms with E-state index in [1.165, 1.54) is 38.5 Å². The molecule has 3 heteroatoms. The average molecular weight is 226 g/mol. The van der Waals surface area contributed by atoms with Crippen LogP contribution >= 0.6 is 0 Å². The highest BCUT2D eigenvalue weighted by molar-refractivity contribution is 4.91. The minimum Gasteiger partial charge on any atom is -0.396 e. The lowest BCUT2D eigenvalue weighted by Crippen LogP contribution is -2.49. The van der Waals surface area contributed by atoms with Crippen LogP contribution in [-0.2, 0) is 0 Å². The van der Waals surface area contributed by atoms with Gasteiger partial charge >= 0.3 is 0 Å². The Morgan fingerprint density at radius 2 is 1.88 bits per heavy atom. The Morgan fingerprint density at radius 1 is 1.12 bits per heavy atom. The summed E-state index contributed by atoms with van der Waals surface area (Å²) in [6, 6.07) is 1.51. The minimum atomic E-state index is 0.323. The number of rotatable bonds is 6. The Kier molecular flexibility index (Phi) is 4.62. The summed E-state index contributed by atoms with van der Waals surface area (Å²) in [5, 5.41) is 9.00. The number of aliphatic hydroxyl groups excluding tert-OH is 1. The molecule has 0 aromatic heterocycles. The van der Waals surface area contributed by atoms with Gasteiger partial charge in [0.05, 0.1) is 0 Å². The third kappa shape index (κ3) is 2.58. The Labute approximate surface area is 99.0 Å². The van der Waals surface area contributed by atoms with E-state index in [2.05, 4.69) is 4.90 Å². The monoisotopic (exact) mass is 226 g/mol. The van der Waals surface area contributed by atoms with Crippen molar-refractivity contribution in [1.29, 1.82) is 0 Å². The predicted molar refractivity (Wildman–Crippen MR) is 66.2 cm³/mol. The first-order chi connectivity index (χ1) is 7.86. The topological polar surface area (TPSA) is 49.5 Å². The van der Waals surface area contributed by atoms with Gasteiger partial charge in [0.2, 0.25) is 0 Å². The number of nitrogens with zero attached hydrogens (tertiary/aromatic N) is 1. The molecule has 0 amide bonds. The van der Waals surface area contributed by atoms with E-state index in [1.807, 2.05) is 0 Å². The van der Waals surface area contributed by atoms with Crippen molar-refractivity contribution in [2.75, 3.05) is 19.7 Å². The third-order valence-corrected chi connectivity index (χ3v) is 4.47. The zero-order valence-electron chi connectivity index (χ0n) is 10.3. The van der Waals surface area contributed by atoms with Crippen LogP contribution in [-0.4, -0.2) is 41.8 Å². The molecule has 3 N–H and O–H groups in total. The molecule has 2 unspecified atom stereocenters. The summed E-state index contributed by atoms with van der Waals surface area (Å²) in [7, 11) is 0. The highest BCUT2D eigenvalue weighted by Crippen LogP contribution is 2.35. The van der Waals surface area contributed by atoms with Gasteiger partial charge in [0.25, 0.3) is 0 Å². The zero-order chi connectivity index (χ0) is 11.4. The standard InChI is InChI=1S/C13H26N2O/c14-10-11-4-1-7-13(11)15(8-3-9-16)12-5-2-6-12/h11-13,16H,1-10,14H2. The number of hydrogen-bond donors (Lipinski definition) is 2. The van der Waals surface area contributed by atoms with E-state index < -0.39 is 0 Å². The second-order valence-electron chi connectivity index (χ2n) is 5.39. The van der Waals surface area contributed by atoms with Gasteiger partial charge in [-0.1, -0.05) is 12.8 Å². The molecule has 16 heavy (non-hydrogen) atoms. The molecule has 2 aliphatic carbocycles. The summed E-state index contributed by atoms with van der Waals surface area (Å²) in [5.74, 6) is 0.708. The fourth-order valence-electron chi connectivity index (χ4n) is 3.32. The first-order valence-corrected chi connectivity index (χ1v) is 6.93. The normalized spacial score (nSPS) is 30.9. The van der Waals surface area contributed by atoms with E-state index >= 15 is 0 Å². The molecular weight excluding hydrogens is 200 g/mol. The van der Waals surface area contributed by atoms with Gasteiger partial charge in [0.1, 0.15) is 0 Å². The van der Waals surface area contributed by atoms with Crippen molar-refractivity contribution in [3.8, 4) is 0 Å². The molecule has 3 nitrogen and oxygen atoms in total. The Balaban J connectivity index is 1.93. The maximum atomic E-state index is 9.00. The van der Waals surface area contributed by atoms with Crippen molar-refractivity contribution < 1.29 is 5.11 Å². The van der Waals surface area contributed by atoms with Gasteiger partial charge in [0, 0.05) is 25.2 Å². The van der Waals surface area contributed by atoms with Gasteiger partial charge in [-0.05, 0) is 44.6 Å². The van der Waals surface area contributed by atoms with Crippen LogP contribution in [0, 0.1) is 5.92 Å². The third-order valence-electron chi connectivity index (χ3n) is 4.47. The Morgan fingerprint density at radius 3 is 2.44 bits per heavy atom. The maximum absolute atomic E-state index is 9.00. The van der Waals surface area contributed by atoms with Crippen LogP contribution in [0.3, 0.4) is 0 Å². The maximum Gasteiger partial charge on any atom is 0.0443 e. The zero-order valence-corrected chi connectivity index (χ0v) is 10.3. The first kappa shape index (κ1) is 12.3. The highest BCUT2D eigenvalue weighted by Gasteiger charge is 2.36. The minimum absolute atomic E-state index is 0.323. The SMILES string of the molecule is NCC1CCCC1N(CCCO)C1CCC1. The summed E-state index contributed by atoms with van der Waals surface area (Å²) in [4.78, 5) is 2.67. The van der Waals surface area contributed by atoms with Crippen molar-refractivity contribution in [3.63, 3.8) is 0 Å². The van der Waals surface area contributed by atoms with Gasteiger partial charge in [-0.3, -0.25) is 4.90 Å². The molecular formula is C13H26N2O. The Bertz CT molecular complexity index is 206. The van der Waals surface area contributed by atoms with Crippen LogP contribution in [0.4, 0.5) is 0 Å². The average Bonchev–Trinajstić information content (AvgIpc) is 2.69. The summed E-state index contributed by atoms with van der Waals surface area (Å²) in [5.41, 5.74) is 5.87. The van der Waals surface area contributed by atoms with Crippen LogP contribution in [0.1, 0.15) is 44.9 Å². The van der Waals surface area contributed by atoms with Gasteiger partial charge in [-0.25, -0.2) is 0 Å².